The second kappa shape index (κ2) is 11.8. The summed E-state index contributed by atoms with van der Waals surface area (Å²) >= 11 is 1.53. The molecule has 0 saturated heterocycles. The fourth-order valence-electron chi connectivity index (χ4n) is 2.48. The van der Waals surface area contributed by atoms with Crippen molar-refractivity contribution in [1.82, 2.24) is 25.6 Å². The van der Waals surface area contributed by atoms with E-state index in [1.54, 1.807) is 13.1 Å². The topological polar surface area (TPSA) is 104 Å². The molecule has 0 aromatic carbocycles. The van der Waals surface area contributed by atoms with Gasteiger partial charge in [0.25, 0.3) is 0 Å². The predicted octanol–water partition coefficient (Wildman–Crippen LogP) is 3.27. The molecule has 0 aliphatic carbocycles. The highest BCUT2D eigenvalue weighted by molar-refractivity contribution is 7.16. The van der Waals surface area contributed by atoms with E-state index < -0.39 is 0 Å². The Bertz CT molecular complexity index is 920. The minimum absolute atomic E-state index is 0.0390. The summed E-state index contributed by atoms with van der Waals surface area (Å²) in [5.41, 5.74) is 1.05. The lowest BCUT2D eigenvalue weighted by atomic mass is 10.2. The highest BCUT2D eigenvalue weighted by Crippen LogP contribution is 2.28. The zero-order valence-electron chi connectivity index (χ0n) is 17.8. The Balaban J connectivity index is 1.99. The molecule has 1 amide bonds. The number of aromatic nitrogens is 3. The molecule has 0 aliphatic heterocycles. The maximum Gasteiger partial charge on any atom is 0.236 e. The summed E-state index contributed by atoms with van der Waals surface area (Å²) < 4.78 is 0. The highest BCUT2D eigenvalue weighted by atomic mass is 32.1. The molecule has 0 bridgehead atoms. The Labute approximate surface area is 181 Å². The molecule has 1 atom stereocenters. The molecule has 4 N–H and O–H groups in total. The van der Waals surface area contributed by atoms with Crippen LogP contribution < -0.4 is 21.3 Å². The zero-order valence-corrected chi connectivity index (χ0v) is 18.6. The fraction of sp³-hybridized carbons (Fsp3) is 0.333. The molecule has 2 aromatic heterocycles. The number of carbonyl (C=O) groups excluding carboxylic acids is 1. The van der Waals surface area contributed by atoms with Gasteiger partial charge in [-0.1, -0.05) is 42.2 Å². The number of rotatable bonds is 11. The van der Waals surface area contributed by atoms with E-state index in [1.165, 1.54) is 11.3 Å². The van der Waals surface area contributed by atoms with Crippen LogP contribution in [0.3, 0.4) is 0 Å². The van der Waals surface area contributed by atoms with Crippen LogP contribution in [0.25, 0.3) is 5.57 Å². The molecule has 30 heavy (non-hydrogen) atoms. The smallest absolute Gasteiger partial charge is 0.236 e. The molecule has 0 fully saturated rings. The predicted molar refractivity (Wildman–Crippen MR) is 125 cm³/mol. The lowest BCUT2D eigenvalue weighted by molar-refractivity contribution is -0.122. The van der Waals surface area contributed by atoms with E-state index in [2.05, 4.69) is 42.8 Å². The molecule has 160 valence electrons. The Morgan fingerprint density at radius 1 is 1.30 bits per heavy atom. The maximum atomic E-state index is 11.8. The highest BCUT2D eigenvalue weighted by Gasteiger charge is 2.10. The Morgan fingerprint density at radius 2 is 2.07 bits per heavy atom. The van der Waals surface area contributed by atoms with Gasteiger partial charge in [0.1, 0.15) is 17.5 Å². The van der Waals surface area contributed by atoms with Crippen molar-refractivity contribution in [2.75, 3.05) is 30.8 Å². The van der Waals surface area contributed by atoms with Crippen molar-refractivity contribution in [3.8, 4) is 0 Å². The normalized spacial score (nSPS) is 12.6. The van der Waals surface area contributed by atoms with Gasteiger partial charge < -0.3 is 21.3 Å². The van der Waals surface area contributed by atoms with Crippen LogP contribution in [-0.4, -0.2) is 47.0 Å². The van der Waals surface area contributed by atoms with Crippen molar-refractivity contribution in [3.63, 3.8) is 0 Å². The average molecular weight is 428 g/mol. The van der Waals surface area contributed by atoms with Gasteiger partial charge in [-0.15, -0.1) is 0 Å². The maximum absolute atomic E-state index is 11.8. The first-order valence-corrected chi connectivity index (χ1v) is 10.5. The molecule has 2 rings (SSSR count). The van der Waals surface area contributed by atoms with Gasteiger partial charge in [-0.2, -0.15) is 0 Å². The first-order chi connectivity index (χ1) is 14.5. The van der Waals surface area contributed by atoms with Crippen LogP contribution >= 0.6 is 11.3 Å². The van der Waals surface area contributed by atoms with Crippen molar-refractivity contribution < 1.29 is 4.79 Å². The third-order valence-electron chi connectivity index (χ3n) is 4.06. The van der Waals surface area contributed by atoms with Gasteiger partial charge in [0.05, 0.1) is 10.9 Å². The number of carbonyl (C=O) groups is 1. The summed E-state index contributed by atoms with van der Waals surface area (Å²) in [4.78, 5) is 26.1. The summed E-state index contributed by atoms with van der Waals surface area (Å²) in [6.45, 7) is 10.4. The lowest BCUT2D eigenvalue weighted by Gasteiger charge is -2.12. The van der Waals surface area contributed by atoms with Crippen LogP contribution in [0.15, 0.2) is 43.1 Å². The van der Waals surface area contributed by atoms with E-state index in [0.29, 0.717) is 30.5 Å². The molecule has 2 heterocycles. The first kappa shape index (κ1) is 23.2. The lowest BCUT2D eigenvalue weighted by Crippen LogP contribution is -2.42. The van der Waals surface area contributed by atoms with Crippen LogP contribution in [0.5, 0.6) is 0 Å². The minimum Gasteiger partial charge on any atom is -0.368 e. The van der Waals surface area contributed by atoms with Crippen molar-refractivity contribution in [2.45, 2.75) is 26.8 Å². The molecule has 0 spiro atoms. The monoisotopic (exact) mass is 427 g/mol. The number of aryl methyl sites for hydroxylation is 1. The third-order valence-corrected chi connectivity index (χ3v) is 5.03. The van der Waals surface area contributed by atoms with Gasteiger partial charge in [0, 0.05) is 25.4 Å². The molecule has 1 unspecified atom stereocenters. The quantitative estimate of drug-likeness (QED) is 0.322. The number of allylic oxidation sites excluding steroid dienone is 5. The fourth-order valence-corrected chi connectivity index (χ4v) is 3.31. The van der Waals surface area contributed by atoms with Crippen molar-refractivity contribution in [3.05, 3.63) is 53.8 Å². The van der Waals surface area contributed by atoms with Crippen LogP contribution in [0.4, 0.5) is 16.8 Å². The molecule has 0 radical (unpaired) electrons. The number of nitrogens with zero attached hydrogens (tertiary/aromatic N) is 3. The SMILES string of the molecule is C=C/C=C(\C=C/C)c1cnc(Nc2cc(NCCNC(=O)C(C)NC)nc(C)n2)s1. The van der Waals surface area contributed by atoms with Gasteiger partial charge in [0.15, 0.2) is 5.13 Å². The van der Waals surface area contributed by atoms with E-state index in [1.807, 2.05) is 51.3 Å². The number of likely N-dealkylation sites (N-methyl/N-ethyl adjacent to an activating group) is 1. The van der Waals surface area contributed by atoms with Gasteiger partial charge in [0.2, 0.25) is 5.91 Å². The number of thiazole rings is 1. The van der Waals surface area contributed by atoms with E-state index in [9.17, 15) is 4.79 Å². The third kappa shape index (κ3) is 7.09. The summed E-state index contributed by atoms with van der Waals surface area (Å²) in [7, 11) is 1.75. The Morgan fingerprint density at radius 3 is 2.77 bits per heavy atom. The second-order valence-corrected chi connectivity index (χ2v) is 7.46. The van der Waals surface area contributed by atoms with Crippen LogP contribution in [0.1, 0.15) is 24.5 Å². The van der Waals surface area contributed by atoms with Gasteiger partial charge in [-0.3, -0.25) is 4.79 Å². The summed E-state index contributed by atoms with van der Waals surface area (Å²) in [6.07, 6.45) is 9.53. The molecule has 9 heteroatoms. The van der Waals surface area contributed by atoms with Crippen molar-refractivity contribution >= 4 is 39.6 Å². The van der Waals surface area contributed by atoms with E-state index in [-0.39, 0.29) is 11.9 Å². The van der Waals surface area contributed by atoms with E-state index in [4.69, 9.17) is 0 Å². The second-order valence-electron chi connectivity index (χ2n) is 6.43. The van der Waals surface area contributed by atoms with E-state index >= 15 is 0 Å². The molecule has 2 aromatic rings. The molecule has 8 nitrogen and oxygen atoms in total. The van der Waals surface area contributed by atoms with Crippen molar-refractivity contribution in [1.29, 1.82) is 0 Å². The summed E-state index contributed by atoms with van der Waals surface area (Å²) in [6, 6.07) is 1.60. The average Bonchev–Trinajstić information content (AvgIpc) is 3.18. The zero-order chi connectivity index (χ0) is 21.9. The number of anilines is 3. The van der Waals surface area contributed by atoms with Crippen LogP contribution in [0, 0.1) is 6.92 Å². The first-order valence-electron chi connectivity index (χ1n) is 9.70. The van der Waals surface area contributed by atoms with Crippen LogP contribution in [0.2, 0.25) is 0 Å². The summed E-state index contributed by atoms with van der Waals surface area (Å²) in [5.74, 6) is 1.93. The largest absolute Gasteiger partial charge is 0.368 e. The standard InChI is InChI=1S/C21H29N7OS/c1-6-8-16(9-7-2)17-13-25-21(30-17)28-19-12-18(26-15(4)27-19)23-10-11-24-20(29)14(3)22-5/h6-9,12-14,22H,1,10-11H2,2-5H3,(H,24,29)(H2,23,25,26,27,28)/b9-7-,16-8+. The molecule has 0 aliphatic rings. The molecule has 0 saturated carbocycles. The van der Waals surface area contributed by atoms with Crippen molar-refractivity contribution in [2.24, 2.45) is 0 Å². The number of nitrogens with one attached hydrogen (secondary N) is 4. The molecular weight excluding hydrogens is 398 g/mol. The minimum atomic E-state index is -0.222. The number of amides is 1. The van der Waals surface area contributed by atoms with Crippen LogP contribution in [-0.2, 0) is 4.79 Å². The Hall–Kier alpha value is -3.04. The summed E-state index contributed by atoms with van der Waals surface area (Å²) in [5, 5.41) is 12.9. The molecular formula is C21H29N7OS. The van der Waals surface area contributed by atoms with Gasteiger partial charge in [-0.05, 0) is 33.4 Å². The Kier molecular flexibility index (Phi) is 9.17. The number of hydrogen-bond acceptors (Lipinski definition) is 8. The van der Waals surface area contributed by atoms with Gasteiger partial charge >= 0.3 is 0 Å². The van der Waals surface area contributed by atoms with E-state index in [0.717, 1.165) is 15.6 Å². The van der Waals surface area contributed by atoms with Gasteiger partial charge in [-0.25, -0.2) is 15.0 Å². The number of hydrogen-bond donors (Lipinski definition) is 4.